The molecule has 0 saturated carbocycles. The molecule has 3 N–H and O–H groups in total. The van der Waals surface area contributed by atoms with Crippen molar-refractivity contribution in [2.75, 3.05) is 6.61 Å². The standard InChI is InChI=1S/C17H19NO5/c1-3-4-9-23-15(20)13-10(2)18-17(22)12-8-6-5-7-11(12)14(19)16(13,17)21/h5-8,18,21-22H,3-4,9H2,1-2H3/t16-,17+/m1/s1. The first-order valence-corrected chi connectivity index (χ1v) is 7.63. The van der Waals surface area contributed by atoms with E-state index in [2.05, 4.69) is 5.32 Å². The molecule has 122 valence electrons. The number of allylic oxidation sites excluding steroid dienone is 1. The van der Waals surface area contributed by atoms with E-state index >= 15 is 0 Å². The van der Waals surface area contributed by atoms with Gasteiger partial charge in [-0.2, -0.15) is 0 Å². The molecule has 1 aromatic rings. The normalized spacial score (nSPS) is 28.4. The highest BCUT2D eigenvalue weighted by Gasteiger charge is 2.70. The fourth-order valence-corrected chi connectivity index (χ4v) is 3.29. The van der Waals surface area contributed by atoms with Crippen LogP contribution in [0.5, 0.6) is 0 Å². The lowest BCUT2D eigenvalue weighted by molar-refractivity contribution is -0.147. The van der Waals surface area contributed by atoms with E-state index in [0.717, 1.165) is 6.42 Å². The van der Waals surface area contributed by atoms with Crippen molar-refractivity contribution in [3.05, 3.63) is 46.7 Å². The van der Waals surface area contributed by atoms with Crippen molar-refractivity contribution in [1.82, 2.24) is 5.32 Å². The molecule has 1 aliphatic carbocycles. The van der Waals surface area contributed by atoms with Crippen LogP contribution in [0.15, 0.2) is 35.5 Å². The lowest BCUT2D eigenvalue weighted by atomic mass is 9.85. The van der Waals surface area contributed by atoms with E-state index in [1.807, 2.05) is 6.92 Å². The van der Waals surface area contributed by atoms with Crippen LogP contribution in [0.2, 0.25) is 0 Å². The van der Waals surface area contributed by atoms with Gasteiger partial charge in [0.25, 0.3) is 0 Å². The molecule has 0 aromatic heterocycles. The summed E-state index contributed by atoms with van der Waals surface area (Å²) in [6.45, 7) is 3.68. The van der Waals surface area contributed by atoms with E-state index in [1.54, 1.807) is 18.2 Å². The lowest BCUT2D eigenvalue weighted by Crippen LogP contribution is -2.56. The first-order valence-electron chi connectivity index (χ1n) is 7.63. The second-order valence-corrected chi connectivity index (χ2v) is 5.91. The van der Waals surface area contributed by atoms with Gasteiger partial charge in [0.15, 0.2) is 0 Å². The molecule has 6 heteroatoms. The fraction of sp³-hybridized carbons (Fsp3) is 0.412. The van der Waals surface area contributed by atoms with Gasteiger partial charge in [0.2, 0.25) is 17.1 Å². The Balaban J connectivity index is 2.04. The van der Waals surface area contributed by atoms with Crippen molar-refractivity contribution < 1.29 is 24.5 Å². The van der Waals surface area contributed by atoms with Gasteiger partial charge in [-0.1, -0.05) is 37.6 Å². The van der Waals surface area contributed by atoms with Crippen LogP contribution in [0, 0.1) is 0 Å². The zero-order chi connectivity index (χ0) is 16.8. The molecule has 3 rings (SSSR count). The summed E-state index contributed by atoms with van der Waals surface area (Å²) in [5, 5.41) is 24.7. The number of ether oxygens (including phenoxy) is 1. The Labute approximate surface area is 133 Å². The van der Waals surface area contributed by atoms with Gasteiger partial charge in [-0.3, -0.25) is 4.79 Å². The topological polar surface area (TPSA) is 95.9 Å². The summed E-state index contributed by atoms with van der Waals surface area (Å²) in [5.41, 5.74) is -3.97. The SMILES string of the molecule is CCCCOC(=O)C1=C(C)N[C@]2(O)c3ccccc3C(=O)[C@]12O. The van der Waals surface area contributed by atoms with Crippen LogP contribution in [-0.4, -0.2) is 34.2 Å². The molecular weight excluding hydrogens is 298 g/mol. The number of rotatable bonds is 4. The van der Waals surface area contributed by atoms with Crippen LogP contribution in [0.4, 0.5) is 0 Å². The van der Waals surface area contributed by atoms with E-state index in [1.165, 1.54) is 13.0 Å². The molecule has 2 atom stereocenters. The minimum absolute atomic E-state index is 0.191. The summed E-state index contributed by atoms with van der Waals surface area (Å²) >= 11 is 0. The largest absolute Gasteiger partial charge is 0.462 e. The van der Waals surface area contributed by atoms with Crippen LogP contribution in [0.25, 0.3) is 0 Å². The molecule has 0 bridgehead atoms. The van der Waals surface area contributed by atoms with Gasteiger partial charge < -0.3 is 20.3 Å². The average molecular weight is 317 g/mol. The number of Topliss-reactive ketones (excluding diaryl/α,β-unsaturated/α-hetero) is 1. The number of aliphatic hydroxyl groups is 2. The summed E-state index contributed by atoms with van der Waals surface area (Å²) in [7, 11) is 0. The number of hydrogen-bond donors (Lipinski definition) is 3. The lowest BCUT2D eigenvalue weighted by Gasteiger charge is -2.31. The number of ketones is 1. The third kappa shape index (κ3) is 1.88. The molecule has 1 heterocycles. The number of hydrogen-bond acceptors (Lipinski definition) is 6. The van der Waals surface area contributed by atoms with Crippen molar-refractivity contribution in [2.24, 2.45) is 0 Å². The zero-order valence-corrected chi connectivity index (χ0v) is 13.0. The van der Waals surface area contributed by atoms with Gasteiger partial charge in [-0.25, -0.2) is 4.79 Å². The Bertz CT molecular complexity index is 725. The number of unbranched alkanes of at least 4 members (excludes halogenated alkanes) is 1. The number of benzene rings is 1. The maximum absolute atomic E-state index is 12.7. The highest BCUT2D eigenvalue weighted by atomic mass is 16.5. The number of fused-ring (bicyclic) bond motifs is 3. The maximum Gasteiger partial charge on any atom is 0.339 e. The molecule has 0 fully saturated rings. The fourth-order valence-electron chi connectivity index (χ4n) is 3.29. The summed E-state index contributed by atoms with van der Waals surface area (Å²) in [5.74, 6) is -1.49. The molecule has 0 spiro atoms. The highest BCUT2D eigenvalue weighted by Crippen LogP contribution is 2.51. The Kier molecular flexibility index (Phi) is 3.54. The van der Waals surface area contributed by atoms with Gasteiger partial charge in [-0.15, -0.1) is 0 Å². The monoisotopic (exact) mass is 317 g/mol. The van der Waals surface area contributed by atoms with E-state index in [0.29, 0.717) is 6.42 Å². The minimum Gasteiger partial charge on any atom is -0.462 e. The molecule has 0 amide bonds. The van der Waals surface area contributed by atoms with E-state index in [9.17, 15) is 19.8 Å². The van der Waals surface area contributed by atoms with Gasteiger partial charge in [0, 0.05) is 16.8 Å². The second kappa shape index (κ2) is 5.18. The minimum atomic E-state index is -2.37. The predicted molar refractivity (Wildman–Crippen MR) is 81.3 cm³/mol. The Morgan fingerprint density at radius 2 is 2.00 bits per heavy atom. The van der Waals surface area contributed by atoms with Crippen molar-refractivity contribution >= 4 is 11.8 Å². The molecule has 1 aromatic carbocycles. The molecule has 0 saturated heterocycles. The Hall–Kier alpha value is -2.18. The van der Waals surface area contributed by atoms with E-state index in [-0.39, 0.29) is 29.0 Å². The molecule has 0 radical (unpaired) electrons. The predicted octanol–water partition coefficient (Wildman–Crippen LogP) is 0.980. The smallest absolute Gasteiger partial charge is 0.339 e. The van der Waals surface area contributed by atoms with Crippen LogP contribution < -0.4 is 5.32 Å². The van der Waals surface area contributed by atoms with Gasteiger partial charge in [-0.05, 0) is 13.3 Å². The number of carbonyl (C=O) groups excluding carboxylic acids is 2. The first-order chi connectivity index (χ1) is 10.9. The van der Waals surface area contributed by atoms with Gasteiger partial charge in [0.05, 0.1) is 6.61 Å². The zero-order valence-electron chi connectivity index (χ0n) is 13.0. The van der Waals surface area contributed by atoms with Crippen LogP contribution in [-0.2, 0) is 15.3 Å². The first kappa shape index (κ1) is 15.7. The molecule has 0 unspecified atom stereocenters. The van der Waals surface area contributed by atoms with E-state index < -0.39 is 23.1 Å². The Morgan fingerprint density at radius 1 is 1.30 bits per heavy atom. The molecule has 23 heavy (non-hydrogen) atoms. The quantitative estimate of drug-likeness (QED) is 0.566. The number of esters is 1. The second-order valence-electron chi connectivity index (χ2n) is 5.91. The number of nitrogens with one attached hydrogen (secondary N) is 1. The van der Waals surface area contributed by atoms with Crippen molar-refractivity contribution in [2.45, 2.75) is 38.0 Å². The molecular formula is C17H19NO5. The summed E-state index contributed by atoms with van der Waals surface area (Å²) in [6.07, 6.45) is 1.53. The molecule has 6 nitrogen and oxygen atoms in total. The Morgan fingerprint density at radius 3 is 2.70 bits per heavy atom. The van der Waals surface area contributed by atoms with Gasteiger partial charge in [0.1, 0.15) is 5.57 Å². The highest BCUT2D eigenvalue weighted by molar-refractivity contribution is 6.16. The third-order valence-electron chi connectivity index (χ3n) is 4.45. The van der Waals surface area contributed by atoms with Crippen LogP contribution >= 0.6 is 0 Å². The van der Waals surface area contributed by atoms with Crippen molar-refractivity contribution in [3.63, 3.8) is 0 Å². The summed E-state index contributed by atoms with van der Waals surface area (Å²) in [4.78, 5) is 25.1. The third-order valence-corrected chi connectivity index (χ3v) is 4.45. The van der Waals surface area contributed by atoms with E-state index in [4.69, 9.17) is 4.74 Å². The maximum atomic E-state index is 12.7. The van der Waals surface area contributed by atoms with Crippen molar-refractivity contribution in [3.8, 4) is 0 Å². The summed E-state index contributed by atoms with van der Waals surface area (Å²) in [6, 6.07) is 6.37. The number of carbonyl (C=O) groups is 2. The molecule has 1 aliphatic heterocycles. The van der Waals surface area contributed by atoms with Crippen LogP contribution in [0.1, 0.15) is 42.6 Å². The van der Waals surface area contributed by atoms with Crippen LogP contribution in [0.3, 0.4) is 0 Å². The van der Waals surface area contributed by atoms with Gasteiger partial charge >= 0.3 is 5.97 Å². The molecule has 2 aliphatic rings. The average Bonchev–Trinajstić information content (AvgIpc) is 2.83. The van der Waals surface area contributed by atoms with Crippen molar-refractivity contribution in [1.29, 1.82) is 0 Å². The summed E-state index contributed by atoms with van der Waals surface area (Å²) < 4.78 is 5.14.